The SMILES string of the molecule is O=C(O)CCCNC(=O)N[C@@H]1C[C@H]1c1ccc(Cl)c(F)c1. The first-order valence-corrected chi connectivity index (χ1v) is 7.06. The number of carboxylic acid groups (broad SMARTS) is 1. The molecule has 114 valence electrons. The molecule has 5 nitrogen and oxygen atoms in total. The second kappa shape index (κ2) is 6.76. The smallest absolute Gasteiger partial charge is 0.315 e. The number of nitrogens with one attached hydrogen (secondary N) is 2. The van der Waals surface area contributed by atoms with E-state index in [9.17, 15) is 14.0 Å². The lowest BCUT2D eigenvalue weighted by Gasteiger charge is -2.07. The number of benzene rings is 1. The fourth-order valence-corrected chi connectivity index (χ4v) is 2.24. The van der Waals surface area contributed by atoms with Crippen LogP contribution in [-0.4, -0.2) is 29.7 Å². The van der Waals surface area contributed by atoms with Crippen LogP contribution in [0.5, 0.6) is 0 Å². The standard InChI is InChI=1S/C14H16ClFN2O3/c15-10-4-3-8(6-11(10)16)9-7-12(9)18-14(21)17-5-1-2-13(19)20/h3-4,6,9,12H,1-2,5,7H2,(H,19,20)(H2,17,18,21)/t9-,12+/m0/s1. The topological polar surface area (TPSA) is 78.4 Å². The Kier molecular flexibility index (Phi) is 5.01. The molecule has 0 radical (unpaired) electrons. The Bertz CT molecular complexity index is 553. The van der Waals surface area contributed by atoms with Crippen LogP contribution in [0, 0.1) is 5.82 Å². The summed E-state index contributed by atoms with van der Waals surface area (Å²) >= 11 is 5.62. The second-order valence-corrected chi connectivity index (χ2v) is 5.43. The lowest BCUT2D eigenvalue weighted by molar-refractivity contribution is -0.137. The molecule has 1 fully saturated rings. The molecular formula is C14H16ClFN2O3. The van der Waals surface area contributed by atoms with Gasteiger partial charge in [0.2, 0.25) is 0 Å². The lowest BCUT2D eigenvalue weighted by atomic mass is 10.1. The molecule has 2 amide bonds. The fraction of sp³-hybridized carbons (Fsp3) is 0.429. The second-order valence-electron chi connectivity index (χ2n) is 5.02. The molecule has 3 N–H and O–H groups in total. The van der Waals surface area contributed by atoms with E-state index in [1.54, 1.807) is 6.07 Å². The first kappa shape index (κ1) is 15.6. The van der Waals surface area contributed by atoms with Crippen LogP contribution in [0.4, 0.5) is 9.18 Å². The van der Waals surface area contributed by atoms with Crippen molar-refractivity contribution >= 4 is 23.6 Å². The van der Waals surface area contributed by atoms with Gasteiger partial charge in [0.25, 0.3) is 0 Å². The van der Waals surface area contributed by atoms with Gasteiger partial charge in [-0.15, -0.1) is 0 Å². The minimum absolute atomic E-state index is 0.0231. The lowest BCUT2D eigenvalue weighted by Crippen LogP contribution is -2.37. The highest BCUT2D eigenvalue weighted by atomic mass is 35.5. The summed E-state index contributed by atoms with van der Waals surface area (Å²) in [6.45, 7) is 0.311. The predicted octanol–water partition coefficient (Wildman–Crippen LogP) is 2.50. The van der Waals surface area contributed by atoms with E-state index in [-0.39, 0.29) is 29.4 Å². The van der Waals surface area contributed by atoms with Crippen LogP contribution in [-0.2, 0) is 4.79 Å². The van der Waals surface area contributed by atoms with Gasteiger partial charge < -0.3 is 15.7 Å². The average molecular weight is 315 g/mol. The van der Waals surface area contributed by atoms with Gasteiger partial charge in [-0.3, -0.25) is 4.79 Å². The quantitative estimate of drug-likeness (QED) is 0.706. The van der Waals surface area contributed by atoms with Crippen LogP contribution in [0.15, 0.2) is 18.2 Å². The Morgan fingerprint density at radius 1 is 1.43 bits per heavy atom. The van der Waals surface area contributed by atoms with Gasteiger partial charge in [0.05, 0.1) is 5.02 Å². The van der Waals surface area contributed by atoms with E-state index in [2.05, 4.69) is 10.6 Å². The predicted molar refractivity (Wildman–Crippen MR) is 76.0 cm³/mol. The summed E-state index contributed by atoms with van der Waals surface area (Å²) < 4.78 is 13.3. The zero-order valence-electron chi connectivity index (χ0n) is 11.2. The maximum Gasteiger partial charge on any atom is 0.315 e. The molecule has 0 aromatic heterocycles. The number of hydrogen-bond donors (Lipinski definition) is 3. The number of urea groups is 1. The summed E-state index contributed by atoms with van der Waals surface area (Å²) in [7, 11) is 0. The van der Waals surface area contributed by atoms with Gasteiger partial charge in [-0.25, -0.2) is 9.18 Å². The molecule has 0 aliphatic heterocycles. The van der Waals surface area contributed by atoms with Crippen LogP contribution in [0.1, 0.15) is 30.7 Å². The molecule has 1 saturated carbocycles. The Morgan fingerprint density at radius 2 is 2.19 bits per heavy atom. The van der Waals surface area contributed by atoms with E-state index in [0.717, 1.165) is 12.0 Å². The summed E-state index contributed by atoms with van der Waals surface area (Å²) in [4.78, 5) is 21.9. The molecule has 1 aliphatic carbocycles. The Balaban J connectivity index is 1.72. The normalized spacial score (nSPS) is 19.9. The molecule has 0 unspecified atom stereocenters. The highest BCUT2D eigenvalue weighted by molar-refractivity contribution is 6.30. The number of rotatable bonds is 6. The van der Waals surface area contributed by atoms with E-state index in [1.807, 2.05) is 0 Å². The molecular weight excluding hydrogens is 299 g/mol. The first-order chi connectivity index (χ1) is 9.97. The zero-order valence-corrected chi connectivity index (χ0v) is 12.0. The summed E-state index contributed by atoms with van der Waals surface area (Å²) in [5.41, 5.74) is 0.813. The van der Waals surface area contributed by atoms with Gasteiger partial charge in [-0.05, 0) is 30.5 Å². The molecule has 1 aromatic rings. The van der Waals surface area contributed by atoms with Crippen molar-refractivity contribution in [3.05, 3.63) is 34.6 Å². The minimum atomic E-state index is -0.885. The zero-order chi connectivity index (χ0) is 15.4. The number of hydrogen-bond acceptors (Lipinski definition) is 2. The summed E-state index contributed by atoms with van der Waals surface area (Å²) in [6.07, 6.45) is 1.17. The Morgan fingerprint density at radius 3 is 2.86 bits per heavy atom. The number of aliphatic carboxylic acids is 1. The van der Waals surface area contributed by atoms with Gasteiger partial charge in [0, 0.05) is 24.9 Å². The van der Waals surface area contributed by atoms with Gasteiger partial charge in [0.15, 0.2) is 0 Å². The van der Waals surface area contributed by atoms with Crippen molar-refractivity contribution in [1.82, 2.24) is 10.6 Å². The van der Waals surface area contributed by atoms with E-state index in [1.165, 1.54) is 12.1 Å². The van der Waals surface area contributed by atoms with Crippen LogP contribution in [0.2, 0.25) is 5.02 Å². The number of carbonyl (C=O) groups is 2. The van der Waals surface area contributed by atoms with Gasteiger partial charge >= 0.3 is 12.0 Å². The van der Waals surface area contributed by atoms with E-state index in [4.69, 9.17) is 16.7 Å². The molecule has 1 aromatic carbocycles. The van der Waals surface area contributed by atoms with Crippen molar-refractivity contribution in [3.8, 4) is 0 Å². The van der Waals surface area contributed by atoms with Crippen LogP contribution >= 0.6 is 11.6 Å². The maximum atomic E-state index is 13.3. The third-order valence-electron chi connectivity index (χ3n) is 3.33. The van der Waals surface area contributed by atoms with Crippen molar-refractivity contribution in [1.29, 1.82) is 0 Å². The summed E-state index contributed by atoms with van der Waals surface area (Å²) in [6, 6.07) is 4.29. The van der Waals surface area contributed by atoms with Gasteiger partial charge in [-0.1, -0.05) is 17.7 Å². The largest absolute Gasteiger partial charge is 0.481 e. The molecule has 2 atom stereocenters. The van der Waals surface area contributed by atoms with Gasteiger partial charge in [-0.2, -0.15) is 0 Å². The van der Waals surface area contributed by atoms with Crippen molar-refractivity contribution < 1.29 is 19.1 Å². The fourth-order valence-electron chi connectivity index (χ4n) is 2.13. The number of amides is 2. The summed E-state index contributed by atoms with van der Waals surface area (Å²) in [5.74, 6) is -1.25. The number of carbonyl (C=O) groups excluding carboxylic acids is 1. The third-order valence-corrected chi connectivity index (χ3v) is 3.64. The maximum absolute atomic E-state index is 13.3. The molecule has 21 heavy (non-hydrogen) atoms. The van der Waals surface area contributed by atoms with Gasteiger partial charge in [0.1, 0.15) is 5.82 Å². The van der Waals surface area contributed by atoms with Crippen molar-refractivity contribution in [2.24, 2.45) is 0 Å². The van der Waals surface area contributed by atoms with E-state index in [0.29, 0.717) is 13.0 Å². The highest BCUT2D eigenvalue weighted by Crippen LogP contribution is 2.41. The monoisotopic (exact) mass is 314 g/mol. The Labute approximate surface area is 126 Å². The molecule has 7 heteroatoms. The van der Waals surface area contributed by atoms with Crippen LogP contribution in [0.25, 0.3) is 0 Å². The molecule has 0 bridgehead atoms. The molecule has 2 rings (SSSR count). The minimum Gasteiger partial charge on any atom is -0.481 e. The highest BCUT2D eigenvalue weighted by Gasteiger charge is 2.39. The molecule has 1 aliphatic rings. The summed E-state index contributed by atoms with van der Waals surface area (Å²) in [5, 5.41) is 13.9. The number of halogens is 2. The van der Waals surface area contributed by atoms with Crippen molar-refractivity contribution in [2.75, 3.05) is 6.54 Å². The van der Waals surface area contributed by atoms with Crippen LogP contribution < -0.4 is 10.6 Å². The third kappa shape index (κ3) is 4.60. The van der Waals surface area contributed by atoms with E-state index < -0.39 is 11.8 Å². The average Bonchev–Trinajstić information content (AvgIpc) is 3.17. The van der Waals surface area contributed by atoms with Crippen LogP contribution in [0.3, 0.4) is 0 Å². The van der Waals surface area contributed by atoms with E-state index >= 15 is 0 Å². The molecule has 0 heterocycles. The number of carboxylic acids is 1. The molecule has 0 saturated heterocycles. The molecule has 0 spiro atoms. The first-order valence-electron chi connectivity index (χ1n) is 6.68. The van der Waals surface area contributed by atoms with Crippen molar-refractivity contribution in [3.63, 3.8) is 0 Å². The Hall–Kier alpha value is -1.82. The van der Waals surface area contributed by atoms with Crippen molar-refractivity contribution in [2.45, 2.75) is 31.2 Å².